The second kappa shape index (κ2) is 5.41. The fourth-order valence-corrected chi connectivity index (χ4v) is 2.30. The van der Waals surface area contributed by atoms with Crippen LogP contribution in [0.4, 0.5) is 5.69 Å². The van der Waals surface area contributed by atoms with Gasteiger partial charge in [-0.3, -0.25) is 0 Å². The zero-order valence-electron chi connectivity index (χ0n) is 10.8. The first-order valence-electron chi connectivity index (χ1n) is 6.53. The van der Waals surface area contributed by atoms with Gasteiger partial charge >= 0.3 is 0 Å². The van der Waals surface area contributed by atoms with Gasteiger partial charge in [0, 0.05) is 13.1 Å². The Balaban J connectivity index is 2.30. The highest BCUT2D eigenvalue weighted by molar-refractivity contribution is 5.61. The van der Waals surface area contributed by atoms with Gasteiger partial charge in [-0.1, -0.05) is 19.9 Å². The third-order valence-corrected chi connectivity index (χ3v) is 3.27. The second-order valence-corrected chi connectivity index (χ2v) is 4.60. The molecule has 3 nitrogen and oxygen atoms in total. The summed E-state index contributed by atoms with van der Waals surface area (Å²) in [7, 11) is 0. The molecule has 0 aromatic heterocycles. The van der Waals surface area contributed by atoms with Gasteiger partial charge in [-0.25, -0.2) is 0 Å². The minimum atomic E-state index is 0.307. The predicted octanol–water partition coefficient (Wildman–Crippen LogP) is 2.53. The smallest absolute Gasteiger partial charge is 0.143 e. The van der Waals surface area contributed by atoms with E-state index in [4.69, 9.17) is 10.5 Å². The fraction of sp³-hybridized carbons (Fsp3) is 0.571. The Hall–Kier alpha value is -1.22. The Morgan fingerprint density at radius 2 is 2.24 bits per heavy atom. The summed E-state index contributed by atoms with van der Waals surface area (Å²) in [5.74, 6) is 1.000. The van der Waals surface area contributed by atoms with E-state index in [0.717, 1.165) is 37.2 Å². The minimum Gasteiger partial charge on any atom is -0.486 e. The highest BCUT2D eigenvalue weighted by Crippen LogP contribution is 2.34. The molecule has 1 aromatic carbocycles. The van der Waals surface area contributed by atoms with Crippen molar-refractivity contribution in [2.24, 2.45) is 5.73 Å². The lowest BCUT2D eigenvalue weighted by Gasteiger charge is -2.36. The number of hydrogen-bond donors (Lipinski definition) is 1. The molecule has 0 bridgehead atoms. The topological polar surface area (TPSA) is 38.5 Å². The summed E-state index contributed by atoms with van der Waals surface area (Å²) in [4.78, 5) is 2.42. The molecule has 0 spiro atoms. The molecule has 1 unspecified atom stereocenters. The molecule has 1 aromatic rings. The van der Waals surface area contributed by atoms with Crippen LogP contribution in [0.3, 0.4) is 0 Å². The first kappa shape index (κ1) is 12.2. The Kier molecular flexibility index (Phi) is 3.89. The van der Waals surface area contributed by atoms with Crippen LogP contribution >= 0.6 is 0 Å². The zero-order chi connectivity index (χ0) is 12.3. The average Bonchev–Trinajstić information content (AvgIpc) is 2.38. The molecule has 17 heavy (non-hydrogen) atoms. The SMILES string of the molecule is CCCN1CC(CC)Oc2cc(CN)ccc21. The van der Waals surface area contributed by atoms with E-state index in [0.29, 0.717) is 12.6 Å². The predicted molar refractivity (Wildman–Crippen MR) is 71.5 cm³/mol. The summed E-state index contributed by atoms with van der Waals surface area (Å²) >= 11 is 0. The van der Waals surface area contributed by atoms with Crippen molar-refractivity contribution in [2.75, 3.05) is 18.0 Å². The monoisotopic (exact) mass is 234 g/mol. The van der Waals surface area contributed by atoms with E-state index in [1.807, 2.05) is 0 Å². The third kappa shape index (κ3) is 2.55. The summed E-state index contributed by atoms with van der Waals surface area (Å²) in [6.07, 6.45) is 2.52. The maximum atomic E-state index is 6.00. The number of ether oxygens (including phenoxy) is 1. The number of hydrogen-bond acceptors (Lipinski definition) is 3. The molecule has 1 aliphatic heterocycles. The standard InChI is InChI=1S/C14H22N2O/c1-3-7-16-10-12(4-2)17-14-8-11(9-15)5-6-13(14)16/h5-6,8,12H,3-4,7,9-10,15H2,1-2H3. The molecule has 0 saturated carbocycles. The van der Waals surface area contributed by atoms with Crippen LogP contribution in [0.25, 0.3) is 0 Å². The summed E-state index contributed by atoms with van der Waals surface area (Å²) < 4.78 is 6.00. The van der Waals surface area contributed by atoms with Crippen LogP contribution in [0.15, 0.2) is 18.2 Å². The molecule has 2 N–H and O–H groups in total. The van der Waals surface area contributed by atoms with E-state index in [9.17, 15) is 0 Å². The van der Waals surface area contributed by atoms with Gasteiger partial charge in [0.2, 0.25) is 0 Å². The van der Waals surface area contributed by atoms with Crippen LogP contribution in [0, 0.1) is 0 Å². The van der Waals surface area contributed by atoms with Gasteiger partial charge in [-0.05, 0) is 30.5 Å². The number of benzene rings is 1. The maximum Gasteiger partial charge on any atom is 0.143 e. The maximum absolute atomic E-state index is 6.00. The van der Waals surface area contributed by atoms with Crippen LogP contribution in [-0.2, 0) is 6.54 Å². The summed E-state index contributed by atoms with van der Waals surface area (Å²) in [6.45, 7) is 7.05. The van der Waals surface area contributed by atoms with Crippen LogP contribution in [-0.4, -0.2) is 19.2 Å². The third-order valence-electron chi connectivity index (χ3n) is 3.27. The van der Waals surface area contributed by atoms with Crippen LogP contribution in [0.5, 0.6) is 5.75 Å². The Bertz CT molecular complexity index is 378. The molecular weight excluding hydrogens is 212 g/mol. The highest BCUT2D eigenvalue weighted by atomic mass is 16.5. The summed E-state index contributed by atoms with van der Waals surface area (Å²) in [5, 5.41) is 0. The number of rotatable bonds is 4. The van der Waals surface area contributed by atoms with Gasteiger partial charge in [-0.2, -0.15) is 0 Å². The molecule has 0 fully saturated rings. The molecule has 1 atom stereocenters. The van der Waals surface area contributed by atoms with Gasteiger partial charge in [0.15, 0.2) is 0 Å². The first-order chi connectivity index (χ1) is 8.28. The second-order valence-electron chi connectivity index (χ2n) is 4.60. The van der Waals surface area contributed by atoms with Crippen molar-refractivity contribution in [1.29, 1.82) is 0 Å². The molecule has 1 aliphatic rings. The lowest BCUT2D eigenvalue weighted by molar-refractivity contribution is 0.189. The van der Waals surface area contributed by atoms with Gasteiger partial charge < -0.3 is 15.4 Å². The van der Waals surface area contributed by atoms with Crippen molar-refractivity contribution >= 4 is 5.69 Å². The molecule has 0 radical (unpaired) electrons. The van der Waals surface area contributed by atoms with Gasteiger partial charge in [0.05, 0.1) is 12.2 Å². The average molecular weight is 234 g/mol. The van der Waals surface area contributed by atoms with Crippen LogP contribution in [0.1, 0.15) is 32.3 Å². The lowest BCUT2D eigenvalue weighted by Crippen LogP contribution is -2.40. The van der Waals surface area contributed by atoms with Crippen molar-refractivity contribution in [3.63, 3.8) is 0 Å². The molecule has 0 aliphatic carbocycles. The molecule has 0 amide bonds. The number of nitrogens with zero attached hydrogens (tertiary/aromatic N) is 1. The molecular formula is C14H22N2O. The zero-order valence-corrected chi connectivity index (χ0v) is 10.8. The molecule has 94 valence electrons. The van der Waals surface area contributed by atoms with Gasteiger partial charge in [0.25, 0.3) is 0 Å². The van der Waals surface area contributed by atoms with Crippen LogP contribution < -0.4 is 15.4 Å². The highest BCUT2D eigenvalue weighted by Gasteiger charge is 2.23. The number of nitrogens with two attached hydrogens (primary N) is 1. The van der Waals surface area contributed by atoms with E-state index in [-0.39, 0.29) is 0 Å². The fourth-order valence-electron chi connectivity index (χ4n) is 2.30. The Morgan fingerprint density at radius 3 is 2.88 bits per heavy atom. The van der Waals surface area contributed by atoms with E-state index >= 15 is 0 Å². The molecule has 0 saturated heterocycles. The van der Waals surface area contributed by atoms with Crippen molar-refractivity contribution in [3.05, 3.63) is 23.8 Å². The number of anilines is 1. The van der Waals surface area contributed by atoms with Crippen molar-refractivity contribution in [1.82, 2.24) is 0 Å². The molecule has 3 heteroatoms. The minimum absolute atomic E-state index is 0.307. The Labute approximate surface area is 104 Å². The molecule has 2 rings (SSSR count). The van der Waals surface area contributed by atoms with E-state index in [2.05, 4.69) is 36.9 Å². The van der Waals surface area contributed by atoms with E-state index in [1.54, 1.807) is 0 Å². The van der Waals surface area contributed by atoms with Crippen molar-refractivity contribution < 1.29 is 4.74 Å². The van der Waals surface area contributed by atoms with E-state index in [1.165, 1.54) is 5.69 Å². The summed E-state index contributed by atoms with van der Waals surface area (Å²) in [6, 6.07) is 6.32. The number of fused-ring (bicyclic) bond motifs is 1. The van der Waals surface area contributed by atoms with Crippen molar-refractivity contribution in [3.8, 4) is 5.75 Å². The normalized spacial score (nSPS) is 18.8. The molecule has 1 heterocycles. The van der Waals surface area contributed by atoms with Crippen LogP contribution in [0.2, 0.25) is 0 Å². The van der Waals surface area contributed by atoms with Gasteiger partial charge in [0.1, 0.15) is 11.9 Å². The van der Waals surface area contributed by atoms with Crippen molar-refractivity contribution in [2.45, 2.75) is 39.3 Å². The first-order valence-corrected chi connectivity index (χ1v) is 6.53. The van der Waals surface area contributed by atoms with E-state index < -0.39 is 0 Å². The van der Waals surface area contributed by atoms with Gasteiger partial charge in [-0.15, -0.1) is 0 Å². The summed E-state index contributed by atoms with van der Waals surface area (Å²) in [5.41, 5.74) is 8.03. The largest absolute Gasteiger partial charge is 0.486 e. The Morgan fingerprint density at radius 1 is 1.41 bits per heavy atom. The lowest BCUT2D eigenvalue weighted by atomic mass is 10.1. The quantitative estimate of drug-likeness (QED) is 0.870.